The topological polar surface area (TPSA) is 60.5 Å². The summed E-state index contributed by atoms with van der Waals surface area (Å²) in [6.07, 6.45) is 0. The van der Waals surface area contributed by atoms with Crippen LogP contribution in [0.15, 0.2) is 60.7 Å². The number of aryl methyl sites for hydroxylation is 1. The molecule has 0 unspecified atom stereocenters. The van der Waals surface area contributed by atoms with Gasteiger partial charge in [0.2, 0.25) is 0 Å². The van der Waals surface area contributed by atoms with Crippen LogP contribution in [-0.2, 0) is 6.54 Å². The first-order chi connectivity index (χ1) is 13.6. The summed E-state index contributed by atoms with van der Waals surface area (Å²) in [5, 5.41) is 2.94. The summed E-state index contributed by atoms with van der Waals surface area (Å²) in [4.78, 5) is 17.2. The molecule has 0 fully saturated rings. The molecule has 28 heavy (non-hydrogen) atoms. The maximum absolute atomic E-state index is 12.6. The highest BCUT2D eigenvalue weighted by molar-refractivity contribution is 5.95. The summed E-state index contributed by atoms with van der Waals surface area (Å²) < 4.78 is 10.9. The van der Waals surface area contributed by atoms with Crippen molar-refractivity contribution < 1.29 is 14.3 Å². The van der Waals surface area contributed by atoms with E-state index in [0.29, 0.717) is 35.9 Å². The Morgan fingerprint density at radius 3 is 2.50 bits per heavy atom. The summed E-state index contributed by atoms with van der Waals surface area (Å²) in [6.45, 7) is 4.73. The van der Waals surface area contributed by atoms with E-state index in [4.69, 9.17) is 9.47 Å². The Hall–Kier alpha value is -3.34. The molecule has 0 aliphatic carbocycles. The lowest BCUT2D eigenvalue weighted by molar-refractivity contribution is 0.0950. The number of carbonyl (C=O) groups excluding carboxylic acids is 1. The summed E-state index contributed by atoms with van der Waals surface area (Å²) in [5.41, 5.74) is 4.07. The number of amides is 1. The summed E-state index contributed by atoms with van der Waals surface area (Å²) >= 11 is 0. The number of nitrogens with zero attached hydrogens (tertiary/aromatic N) is 1. The van der Waals surface area contributed by atoms with Gasteiger partial charge in [0.25, 0.3) is 5.91 Å². The molecule has 0 aliphatic rings. The van der Waals surface area contributed by atoms with Crippen LogP contribution in [0.1, 0.15) is 28.5 Å². The molecule has 5 nitrogen and oxygen atoms in total. The number of pyridine rings is 1. The fraction of sp³-hybridized carbons (Fsp3) is 0.217. The van der Waals surface area contributed by atoms with Gasteiger partial charge in [0, 0.05) is 12.1 Å². The number of ether oxygens (including phenoxy) is 2. The van der Waals surface area contributed by atoms with E-state index < -0.39 is 0 Å². The van der Waals surface area contributed by atoms with Crippen LogP contribution in [0.25, 0.3) is 11.3 Å². The number of aromatic nitrogens is 1. The van der Waals surface area contributed by atoms with Gasteiger partial charge in [-0.15, -0.1) is 0 Å². The summed E-state index contributed by atoms with van der Waals surface area (Å²) in [6, 6.07) is 19.2. The van der Waals surface area contributed by atoms with E-state index in [2.05, 4.69) is 10.3 Å². The molecule has 0 saturated carbocycles. The predicted molar refractivity (Wildman–Crippen MR) is 110 cm³/mol. The van der Waals surface area contributed by atoms with E-state index in [-0.39, 0.29) is 5.91 Å². The number of hydrogen-bond acceptors (Lipinski definition) is 4. The van der Waals surface area contributed by atoms with Crippen LogP contribution in [0.2, 0.25) is 0 Å². The van der Waals surface area contributed by atoms with Crippen molar-refractivity contribution in [3.63, 3.8) is 0 Å². The van der Waals surface area contributed by atoms with Crippen molar-refractivity contribution in [1.29, 1.82) is 0 Å². The maximum Gasteiger partial charge on any atom is 0.253 e. The van der Waals surface area contributed by atoms with Crippen molar-refractivity contribution in [2.45, 2.75) is 20.4 Å². The highest BCUT2D eigenvalue weighted by Gasteiger charge is 2.12. The first-order valence-electron chi connectivity index (χ1n) is 9.23. The number of methoxy groups -OCH3 is 1. The average Bonchev–Trinajstić information content (AvgIpc) is 2.73. The number of hydrogen-bond donors (Lipinski definition) is 1. The minimum absolute atomic E-state index is 0.155. The van der Waals surface area contributed by atoms with E-state index in [9.17, 15) is 4.79 Å². The Labute approximate surface area is 165 Å². The molecule has 5 heteroatoms. The van der Waals surface area contributed by atoms with Crippen LogP contribution in [0.3, 0.4) is 0 Å². The molecule has 1 heterocycles. The van der Waals surface area contributed by atoms with Crippen LogP contribution >= 0.6 is 0 Å². The molecule has 2 aromatic carbocycles. The van der Waals surface area contributed by atoms with Crippen molar-refractivity contribution in [3.05, 3.63) is 77.5 Å². The van der Waals surface area contributed by atoms with Crippen molar-refractivity contribution in [1.82, 2.24) is 10.3 Å². The molecule has 0 bridgehead atoms. The quantitative estimate of drug-likeness (QED) is 0.664. The smallest absolute Gasteiger partial charge is 0.253 e. The molecule has 1 amide bonds. The lowest BCUT2D eigenvalue weighted by atomic mass is 10.1. The third-order valence-electron chi connectivity index (χ3n) is 4.38. The van der Waals surface area contributed by atoms with E-state index in [1.807, 2.05) is 74.5 Å². The highest BCUT2D eigenvalue weighted by atomic mass is 16.5. The molecule has 0 aliphatic heterocycles. The summed E-state index contributed by atoms with van der Waals surface area (Å²) in [7, 11) is 1.60. The monoisotopic (exact) mass is 376 g/mol. The highest BCUT2D eigenvalue weighted by Crippen LogP contribution is 2.28. The fourth-order valence-corrected chi connectivity index (χ4v) is 2.94. The minimum Gasteiger partial charge on any atom is -0.493 e. The van der Waals surface area contributed by atoms with Gasteiger partial charge in [-0.3, -0.25) is 9.78 Å². The number of rotatable bonds is 7. The first kappa shape index (κ1) is 19.4. The second-order valence-corrected chi connectivity index (χ2v) is 6.30. The Kier molecular flexibility index (Phi) is 6.27. The maximum atomic E-state index is 12.6. The lowest BCUT2D eigenvalue weighted by Gasteiger charge is -2.12. The van der Waals surface area contributed by atoms with Gasteiger partial charge in [-0.1, -0.05) is 36.4 Å². The molecule has 3 aromatic rings. The largest absolute Gasteiger partial charge is 0.493 e. The van der Waals surface area contributed by atoms with Gasteiger partial charge in [0.1, 0.15) is 0 Å². The van der Waals surface area contributed by atoms with Gasteiger partial charge in [0.15, 0.2) is 11.5 Å². The molecular weight excluding hydrogens is 352 g/mol. The standard InChI is InChI=1S/C23H24N2O3/c1-4-28-21-13-10-17(14-22(21)27-3)15-24-23(26)19-11-12-20(25-16(19)2)18-8-6-5-7-9-18/h5-14H,4,15H2,1-3H3,(H,24,26). The van der Waals surface area contributed by atoms with Gasteiger partial charge in [0.05, 0.1) is 30.7 Å². The molecule has 0 radical (unpaired) electrons. The summed E-state index contributed by atoms with van der Waals surface area (Å²) in [5.74, 6) is 1.19. The molecule has 144 valence electrons. The molecule has 0 saturated heterocycles. The third-order valence-corrected chi connectivity index (χ3v) is 4.38. The number of benzene rings is 2. The zero-order valence-electron chi connectivity index (χ0n) is 16.4. The molecular formula is C23H24N2O3. The number of nitrogens with one attached hydrogen (secondary N) is 1. The van der Waals surface area contributed by atoms with E-state index in [1.165, 1.54) is 0 Å². The van der Waals surface area contributed by atoms with Gasteiger partial charge in [-0.2, -0.15) is 0 Å². The molecule has 1 N–H and O–H groups in total. The number of carbonyl (C=O) groups is 1. The average molecular weight is 376 g/mol. The molecule has 3 rings (SSSR count). The Balaban J connectivity index is 1.70. The predicted octanol–water partition coefficient (Wildman–Crippen LogP) is 4.39. The van der Waals surface area contributed by atoms with Crippen molar-refractivity contribution in [2.24, 2.45) is 0 Å². The van der Waals surface area contributed by atoms with Crippen LogP contribution in [-0.4, -0.2) is 24.6 Å². The van der Waals surface area contributed by atoms with E-state index >= 15 is 0 Å². The fourth-order valence-electron chi connectivity index (χ4n) is 2.94. The van der Waals surface area contributed by atoms with Crippen LogP contribution in [0, 0.1) is 6.92 Å². The van der Waals surface area contributed by atoms with Gasteiger partial charge in [-0.05, 0) is 43.7 Å². The Morgan fingerprint density at radius 2 is 1.82 bits per heavy atom. The Bertz CT molecular complexity index is 955. The van der Waals surface area contributed by atoms with Gasteiger partial charge >= 0.3 is 0 Å². The normalized spacial score (nSPS) is 10.4. The van der Waals surface area contributed by atoms with Crippen LogP contribution in [0.4, 0.5) is 0 Å². The second kappa shape index (κ2) is 9.04. The zero-order chi connectivity index (χ0) is 19.9. The van der Waals surface area contributed by atoms with Crippen molar-refractivity contribution in [3.8, 4) is 22.8 Å². The minimum atomic E-state index is -0.155. The Morgan fingerprint density at radius 1 is 1.04 bits per heavy atom. The van der Waals surface area contributed by atoms with Gasteiger partial charge < -0.3 is 14.8 Å². The molecule has 0 atom stereocenters. The third kappa shape index (κ3) is 4.49. The van der Waals surface area contributed by atoms with Gasteiger partial charge in [-0.25, -0.2) is 0 Å². The molecule has 1 aromatic heterocycles. The first-order valence-corrected chi connectivity index (χ1v) is 9.23. The van der Waals surface area contributed by atoms with Crippen LogP contribution < -0.4 is 14.8 Å². The van der Waals surface area contributed by atoms with Crippen molar-refractivity contribution in [2.75, 3.05) is 13.7 Å². The van der Waals surface area contributed by atoms with Crippen LogP contribution in [0.5, 0.6) is 11.5 Å². The van der Waals surface area contributed by atoms with E-state index in [0.717, 1.165) is 16.8 Å². The van der Waals surface area contributed by atoms with E-state index in [1.54, 1.807) is 7.11 Å². The van der Waals surface area contributed by atoms with Crippen molar-refractivity contribution >= 4 is 5.91 Å². The zero-order valence-corrected chi connectivity index (χ0v) is 16.4. The lowest BCUT2D eigenvalue weighted by Crippen LogP contribution is -2.24. The SMILES string of the molecule is CCOc1ccc(CNC(=O)c2ccc(-c3ccccc3)nc2C)cc1OC. The molecule has 0 spiro atoms. The second-order valence-electron chi connectivity index (χ2n) is 6.30.